The number of nitrogens with zero attached hydrogens (tertiary/aromatic N) is 1. The highest BCUT2D eigenvalue weighted by Gasteiger charge is 2.34. The van der Waals surface area contributed by atoms with Crippen molar-refractivity contribution in [2.24, 2.45) is 0 Å². The van der Waals surface area contributed by atoms with Crippen molar-refractivity contribution in [1.29, 1.82) is 0 Å². The van der Waals surface area contributed by atoms with Gasteiger partial charge < -0.3 is 4.74 Å². The first-order chi connectivity index (χ1) is 9.24. The zero-order valence-electron chi connectivity index (χ0n) is 10.2. The lowest BCUT2D eigenvalue weighted by Gasteiger charge is -2.18. The van der Waals surface area contributed by atoms with E-state index >= 15 is 0 Å². The van der Waals surface area contributed by atoms with Gasteiger partial charge in [0.15, 0.2) is 0 Å². The molecule has 19 heavy (non-hydrogen) atoms. The molecule has 2 aliphatic heterocycles. The predicted molar refractivity (Wildman–Crippen MR) is 83.2 cm³/mol. The van der Waals surface area contributed by atoms with Crippen LogP contribution in [0, 0.1) is 0 Å². The fourth-order valence-electron chi connectivity index (χ4n) is 2.15. The summed E-state index contributed by atoms with van der Waals surface area (Å²) in [5, 5.41) is 2.00. The van der Waals surface area contributed by atoms with E-state index in [-0.39, 0.29) is 12.0 Å². The Morgan fingerprint density at radius 1 is 1.58 bits per heavy atom. The number of thioether (sulfide) groups is 1. The van der Waals surface area contributed by atoms with Crippen LogP contribution in [0.2, 0.25) is 0 Å². The Hall–Kier alpha value is -0.690. The molecule has 0 aromatic carbocycles. The van der Waals surface area contributed by atoms with E-state index in [9.17, 15) is 4.79 Å². The lowest BCUT2D eigenvalue weighted by atomic mass is 10.2. The third-order valence-corrected chi connectivity index (χ3v) is 5.30. The van der Waals surface area contributed by atoms with Gasteiger partial charge in [-0.05, 0) is 30.4 Å². The normalized spacial score (nSPS) is 25.8. The molecule has 1 unspecified atom stereocenters. The minimum Gasteiger partial charge on any atom is -0.376 e. The van der Waals surface area contributed by atoms with Crippen molar-refractivity contribution in [2.75, 3.05) is 13.2 Å². The molecule has 0 aliphatic carbocycles. The summed E-state index contributed by atoms with van der Waals surface area (Å²) in [5.74, 6) is 0.0129. The average Bonchev–Trinajstić information content (AvgIpc) is 3.10. The lowest BCUT2D eigenvalue weighted by Crippen LogP contribution is -2.35. The highest BCUT2D eigenvalue weighted by atomic mass is 32.2. The first-order valence-electron chi connectivity index (χ1n) is 6.14. The molecule has 3 rings (SSSR count). The summed E-state index contributed by atoms with van der Waals surface area (Å²) in [6.45, 7) is 1.39. The molecule has 3 heterocycles. The fraction of sp³-hybridized carbons (Fsp3) is 0.385. The second-order valence-corrected chi connectivity index (χ2v) is 7.10. The van der Waals surface area contributed by atoms with Crippen LogP contribution in [0.4, 0.5) is 0 Å². The quantitative estimate of drug-likeness (QED) is 0.633. The van der Waals surface area contributed by atoms with Crippen molar-refractivity contribution in [3.05, 3.63) is 27.3 Å². The van der Waals surface area contributed by atoms with Gasteiger partial charge in [-0.2, -0.15) is 0 Å². The maximum absolute atomic E-state index is 12.3. The molecule has 2 saturated heterocycles. The summed E-state index contributed by atoms with van der Waals surface area (Å²) in [5.41, 5.74) is 0. The lowest BCUT2D eigenvalue weighted by molar-refractivity contribution is -0.123. The van der Waals surface area contributed by atoms with E-state index in [4.69, 9.17) is 17.0 Å². The van der Waals surface area contributed by atoms with E-state index in [0.29, 0.717) is 15.8 Å². The highest BCUT2D eigenvalue weighted by Crippen LogP contribution is 2.34. The molecular weight excluding hydrogens is 298 g/mol. The summed E-state index contributed by atoms with van der Waals surface area (Å²) >= 11 is 8.30. The number of rotatable bonds is 3. The van der Waals surface area contributed by atoms with E-state index in [2.05, 4.69) is 0 Å². The van der Waals surface area contributed by atoms with Gasteiger partial charge in [0, 0.05) is 11.5 Å². The van der Waals surface area contributed by atoms with Crippen molar-refractivity contribution in [3.63, 3.8) is 0 Å². The standard InChI is InChI=1S/C13H13NO2S3/c15-12-11(7-10-4-2-6-18-10)19-13(17)14(12)8-9-3-1-5-16-9/h2,4,6-7,9H,1,3,5,8H2/b11-7-. The Bertz CT molecular complexity index is 518. The smallest absolute Gasteiger partial charge is 0.266 e. The molecule has 1 atom stereocenters. The van der Waals surface area contributed by atoms with Gasteiger partial charge in [0.2, 0.25) is 0 Å². The summed E-state index contributed by atoms with van der Waals surface area (Å²) in [6.07, 6.45) is 4.15. The number of ether oxygens (including phenoxy) is 1. The van der Waals surface area contributed by atoms with E-state index < -0.39 is 0 Å². The molecule has 100 valence electrons. The number of thiophene rings is 1. The molecule has 0 bridgehead atoms. The van der Waals surface area contributed by atoms with Crippen LogP contribution >= 0.6 is 35.3 Å². The molecule has 1 aromatic rings. The van der Waals surface area contributed by atoms with Crippen molar-refractivity contribution >= 4 is 51.6 Å². The monoisotopic (exact) mass is 311 g/mol. The topological polar surface area (TPSA) is 29.5 Å². The first-order valence-corrected chi connectivity index (χ1v) is 8.25. The van der Waals surface area contributed by atoms with Gasteiger partial charge in [0.05, 0.1) is 17.6 Å². The van der Waals surface area contributed by atoms with Gasteiger partial charge >= 0.3 is 0 Å². The van der Waals surface area contributed by atoms with Gasteiger partial charge in [0.25, 0.3) is 5.91 Å². The van der Waals surface area contributed by atoms with Crippen molar-refractivity contribution in [3.8, 4) is 0 Å². The van der Waals surface area contributed by atoms with Crippen LogP contribution in [0.5, 0.6) is 0 Å². The number of thiocarbonyl (C=S) groups is 1. The van der Waals surface area contributed by atoms with E-state index in [1.54, 1.807) is 16.2 Å². The molecule has 0 saturated carbocycles. The minimum absolute atomic E-state index is 0.0129. The molecule has 6 heteroatoms. The maximum Gasteiger partial charge on any atom is 0.266 e. The first kappa shape index (κ1) is 13.3. The fourth-order valence-corrected chi connectivity index (χ4v) is 4.15. The van der Waals surface area contributed by atoms with Crippen LogP contribution in [0.25, 0.3) is 6.08 Å². The molecule has 0 N–H and O–H groups in total. The van der Waals surface area contributed by atoms with Crippen molar-refractivity contribution in [2.45, 2.75) is 18.9 Å². The number of carbonyl (C=O) groups excluding carboxylic acids is 1. The van der Waals surface area contributed by atoms with Crippen LogP contribution < -0.4 is 0 Å². The summed E-state index contributed by atoms with van der Waals surface area (Å²) in [7, 11) is 0. The molecule has 2 aliphatic rings. The molecule has 2 fully saturated rings. The molecule has 1 amide bonds. The average molecular weight is 311 g/mol. The van der Waals surface area contributed by atoms with Crippen LogP contribution in [-0.4, -0.2) is 34.4 Å². The van der Waals surface area contributed by atoms with Gasteiger partial charge in [-0.25, -0.2) is 0 Å². The molecule has 1 aromatic heterocycles. The van der Waals surface area contributed by atoms with E-state index in [0.717, 1.165) is 24.3 Å². The number of amides is 1. The molecular formula is C13H13NO2S3. The molecule has 3 nitrogen and oxygen atoms in total. The van der Waals surface area contributed by atoms with Gasteiger partial charge in [-0.1, -0.05) is 30.0 Å². The highest BCUT2D eigenvalue weighted by molar-refractivity contribution is 8.26. The van der Waals surface area contributed by atoms with Crippen LogP contribution in [0.15, 0.2) is 22.4 Å². The van der Waals surface area contributed by atoms with Gasteiger partial charge in [-0.3, -0.25) is 9.69 Å². The van der Waals surface area contributed by atoms with Crippen LogP contribution in [-0.2, 0) is 9.53 Å². The summed E-state index contributed by atoms with van der Waals surface area (Å²) < 4.78 is 6.21. The van der Waals surface area contributed by atoms with E-state index in [1.165, 1.54) is 11.8 Å². The third kappa shape index (κ3) is 2.91. The second kappa shape index (κ2) is 5.75. The number of hydrogen-bond donors (Lipinski definition) is 0. The zero-order chi connectivity index (χ0) is 13.2. The SMILES string of the molecule is O=C1/C(=C/c2cccs2)SC(=S)N1CC1CCCO1. The van der Waals surface area contributed by atoms with Crippen LogP contribution in [0.3, 0.4) is 0 Å². The molecule has 0 radical (unpaired) electrons. The largest absolute Gasteiger partial charge is 0.376 e. The van der Waals surface area contributed by atoms with E-state index in [1.807, 2.05) is 23.6 Å². The molecule has 0 spiro atoms. The Balaban J connectivity index is 1.73. The van der Waals surface area contributed by atoms with Gasteiger partial charge in [0.1, 0.15) is 4.32 Å². The summed E-state index contributed by atoms with van der Waals surface area (Å²) in [4.78, 5) is 15.8. The Kier molecular flexibility index (Phi) is 4.02. The minimum atomic E-state index is 0.0129. The number of carbonyl (C=O) groups is 1. The van der Waals surface area contributed by atoms with Crippen molar-refractivity contribution < 1.29 is 9.53 Å². The second-order valence-electron chi connectivity index (χ2n) is 4.44. The Morgan fingerprint density at radius 3 is 3.16 bits per heavy atom. The maximum atomic E-state index is 12.3. The zero-order valence-corrected chi connectivity index (χ0v) is 12.7. The Labute approximate surface area is 125 Å². The third-order valence-electron chi connectivity index (χ3n) is 3.10. The van der Waals surface area contributed by atoms with Crippen molar-refractivity contribution in [1.82, 2.24) is 4.90 Å². The predicted octanol–water partition coefficient (Wildman–Crippen LogP) is 3.13. The van der Waals surface area contributed by atoms with Crippen LogP contribution in [0.1, 0.15) is 17.7 Å². The number of hydrogen-bond acceptors (Lipinski definition) is 5. The van der Waals surface area contributed by atoms with Gasteiger partial charge in [-0.15, -0.1) is 11.3 Å². The summed E-state index contributed by atoms with van der Waals surface area (Å²) in [6, 6.07) is 3.97. The Morgan fingerprint density at radius 2 is 2.47 bits per heavy atom.